The fourth-order valence-electron chi connectivity index (χ4n) is 3.53. The van der Waals surface area contributed by atoms with Crippen molar-refractivity contribution >= 4 is 27.3 Å². The molecular formula is C25H26F4N4O3S. The molecule has 0 aliphatic carbocycles. The average molecular weight is 539 g/mol. The molecule has 0 spiro atoms. The first-order valence-corrected chi connectivity index (χ1v) is 12.9. The Morgan fingerprint density at radius 2 is 1.70 bits per heavy atom. The van der Waals surface area contributed by atoms with Crippen molar-refractivity contribution in [3.05, 3.63) is 77.2 Å². The van der Waals surface area contributed by atoms with E-state index in [-0.39, 0.29) is 17.9 Å². The third-order valence-electron chi connectivity index (χ3n) is 5.56. The van der Waals surface area contributed by atoms with Gasteiger partial charge in [0.05, 0.1) is 23.6 Å². The topological polar surface area (TPSA) is 91.4 Å². The first kappa shape index (κ1) is 27.9. The summed E-state index contributed by atoms with van der Waals surface area (Å²) < 4.78 is 79.1. The Bertz CT molecular complexity index is 1390. The normalized spacial score (nSPS) is 12.6. The third-order valence-corrected chi connectivity index (χ3v) is 6.15. The van der Waals surface area contributed by atoms with E-state index in [9.17, 15) is 30.8 Å². The minimum absolute atomic E-state index is 0.0790. The lowest BCUT2D eigenvalue weighted by Gasteiger charge is -2.17. The summed E-state index contributed by atoms with van der Waals surface area (Å²) in [5.41, 5.74) is 0.731. The van der Waals surface area contributed by atoms with Gasteiger partial charge in [0, 0.05) is 31.9 Å². The number of hydrogen-bond acceptors (Lipinski definition) is 5. The predicted molar refractivity (Wildman–Crippen MR) is 134 cm³/mol. The molecule has 1 atom stereocenters. The predicted octanol–water partition coefficient (Wildman–Crippen LogP) is 4.76. The highest BCUT2D eigenvalue weighted by atomic mass is 32.2. The van der Waals surface area contributed by atoms with Crippen LogP contribution in [-0.4, -0.2) is 39.7 Å². The van der Waals surface area contributed by atoms with E-state index in [1.165, 1.54) is 25.1 Å². The molecule has 0 aliphatic heterocycles. The molecule has 0 saturated heterocycles. The maximum atomic E-state index is 14.3. The molecule has 37 heavy (non-hydrogen) atoms. The lowest BCUT2D eigenvalue weighted by Crippen LogP contribution is -2.28. The highest BCUT2D eigenvalue weighted by molar-refractivity contribution is 7.92. The second-order valence-corrected chi connectivity index (χ2v) is 10.4. The van der Waals surface area contributed by atoms with Gasteiger partial charge < -0.3 is 10.2 Å². The number of carbonyl (C=O) groups is 1. The Labute approximate surface area is 212 Å². The maximum Gasteiger partial charge on any atom is 0.433 e. The molecule has 3 aromatic rings. The Kier molecular flexibility index (Phi) is 8.11. The minimum atomic E-state index is -4.64. The Balaban J connectivity index is 1.83. The van der Waals surface area contributed by atoms with Gasteiger partial charge in [-0.3, -0.25) is 9.52 Å². The van der Waals surface area contributed by atoms with E-state index >= 15 is 0 Å². The van der Waals surface area contributed by atoms with E-state index in [0.717, 1.165) is 24.1 Å². The number of halogens is 4. The van der Waals surface area contributed by atoms with E-state index in [0.29, 0.717) is 16.7 Å². The SMILES string of the molecule is CC(C(=O)NCc1ccc(C(F)(F)F)nc1-c1ccc(N(C)C)cc1)c1ccc(NS(C)(=O)=O)c(F)c1. The average Bonchev–Trinajstić information content (AvgIpc) is 2.82. The zero-order valence-corrected chi connectivity index (χ0v) is 21.3. The largest absolute Gasteiger partial charge is 0.433 e. The van der Waals surface area contributed by atoms with Gasteiger partial charge in [0.25, 0.3) is 0 Å². The number of nitrogens with zero attached hydrogens (tertiary/aromatic N) is 2. The van der Waals surface area contributed by atoms with Crippen LogP contribution < -0.4 is 14.9 Å². The lowest BCUT2D eigenvalue weighted by atomic mass is 9.99. The van der Waals surface area contributed by atoms with E-state index in [2.05, 4.69) is 10.3 Å². The van der Waals surface area contributed by atoms with Gasteiger partial charge in [-0.15, -0.1) is 0 Å². The number of benzene rings is 2. The van der Waals surface area contributed by atoms with Crippen molar-refractivity contribution in [3.63, 3.8) is 0 Å². The standard InChI is InChI=1S/C25H26F4N4O3S/c1-15(17-7-11-21(20(26)13-17)32-37(4,35)36)24(34)30-14-18-8-12-22(25(27,28)29)31-23(18)16-5-9-19(10-6-16)33(2)3/h5-13,15,32H,14H2,1-4H3,(H,30,34). The van der Waals surface area contributed by atoms with Gasteiger partial charge in [0.1, 0.15) is 11.5 Å². The number of anilines is 2. The smallest absolute Gasteiger partial charge is 0.378 e. The van der Waals surface area contributed by atoms with Gasteiger partial charge in [0.2, 0.25) is 15.9 Å². The molecule has 198 valence electrons. The number of sulfonamides is 1. The van der Waals surface area contributed by atoms with Crippen molar-refractivity contribution < 1.29 is 30.8 Å². The summed E-state index contributed by atoms with van der Waals surface area (Å²) in [6.07, 6.45) is -3.76. The van der Waals surface area contributed by atoms with Crippen LogP contribution in [0.3, 0.4) is 0 Å². The van der Waals surface area contributed by atoms with E-state index in [4.69, 9.17) is 0 Å². The van der Waals surface area contributed by atoms with Crippen LogP contribution in [0.5, 0.6) is 0 Å². The van der Waals surface area contributed by atoms with Crippen molar-refractivity contribution in [1.82, 2.24) is 10.3 Å². The van der Waals surface area contributed by atoms with Gasteiger partial charge >= 0.3 is 6.18 Å². The molecule has 0 aliphatic rings. The molecule has 2 aromatic carbocycles. The van der Waals surface area contributed by atoms with E-state index in [1.807, 2.05) is 23.7 Å². The maximum absolute atomic E-state index is 14.3. The first-order chi connectivity index (χ1) is 17.2. The van der Waals surface area contributed by atoms with E-state index < -0.39 is 39.5 Å². The molecular weight excluding hydrogens is 512 g/mol. The highest BCUT2D eigenvalue weighted by Gasteiger charge is 2.33. The number of hydrogen-bond donors (Lipinski definition) is 2. The zero-order valence-electron chi connectivity index (χ0n) is 20.5. The first-order valence-electron chi connectivity index (χ1n) is 11.1. The molecule has 0 radical (unpaired) electrons. The van der Waals surface area contributed by atoms with Crippen LogP contribution in [0.25, 0.3) is 11.3 Å². The van der Waals surface area contributed by atoms with Crippen LogP contribution in [0.1, 0.15) is 29.7 Å². The number of aromatic nitrogens is 1. The number of carbonyl (C=O) groups excluding carboxylic acids is 1. The number of rotatable bonds is 8. The summed E-state index contributed by atoms with van der Waals surface area (Å²) in [6, 6.07) is 12.6. The van der Waals surface area contributed by atoms with Gasteiger partial charge in [-0.1, -0.05) is 24.3 Å². The van der Waals surface area contributed by atoms with Gasteiger partial charge in [0.15, 0.2) is 0 Å². The molecule has 0 fully saturated rings. The van der Waals surface area contributed by atoms with Crippen molar-refractivity contribution in [1.29, 1.82) is 0 Å². The quantitative estimate of drug-likeness (QED) is 0.404. The zero-order chi connectivity index (χ0) is 27.5. The van der Waals surface area contributed by atoms with Gasteiger partial charge in [-0.05, 0) is 48.4 Å². The fourth-order valence-corrected chi connectivity index (χ4v) is 4.09. The van der Waals surface area contributed by atoms with Crippen molar-refractivity contribution in [3.8, 4) is 11.3 Å². The summed E-state index contributed by atoms with van der Waals surface area (Å²) >= 11 is 0. The van der Waals surface area contributed by atoms with Crippen LogP contribution in [0.2, 0.25) is 0 Å². The van der Waals surface area contributed by atoms with Crippen LogP contribution in [0.4, 0.5) is 28.9 Å². The summed E-state index contributed by atoms with van der Waals surface area (Å²) in [6.45, 7) is 1.41. The summed E-state index contributed by atoms with van der Waals surface area (Å²) in [7, 11) is -0.0133. The summed E-state index contributed by atoms with van der Waals surface area (Å²) in [5.74, 6) is -2.18. The molecule has 3 rings (SSSR count). The second kappa shape index (κ2) is 10.8. The molecule has 12 heteroatoms. The van der Waals surface area contributed by atoms with Crippen LogP contribution >= 0.6 is 0 Å². The number of amides is 1. The molecule has 0 bridgehead atoms. The van der Waals surface area contributed by atoms with Crippen LogP contribution in [0, 0.1) is 5.82 Å². The molecule has 1 aromatic heterocycles. The lowest BCUT2D eigenvalue weighted by molar-refractivity contribution is -0.141. The molecule has 1 heterocycles. The third kappa shape index (κ3) is 7.19. The van der Waals surface area contributed by atoms with Crippen molar-refractivity contribution in [2.45, 2.75) is 25.6 Å². The molecule has 2 N–H and O–H groups in total. The van der Waals surface area contributed by atoms with Crippen molar-refractivity contribution in [2.75, 3.05) is 30.0 Å². The Hall–Kier alpha value is -3.67. The molecule has 1 unspecified atom stereocenters. The van der Waals surface area contributed by atoms with Gasteiger partial charge in [-0.2, -0.15) is 13.2 Å². The fraction of sp³-hybridized carbons (Fsp3) is 0.280. The molecule has 0 saturated carbocycles. The summed E-state index contributed by atoms with van der Waals surface area (Å²) in [4.78, 5) is 18.5. The molecule has 7 nitrogen and oxygen atoms in total. The Morgan fingerprint density at radius 1 is 1.05 bits per heavy atom. The van der Waals surface area contributed by atoms with Crippen LogP contribution in [-0.2, 0) is 27.5 Å². The second-order valence-electron chi connectivity index (χ2n) is 8.70. The minimum Gasteiger partial charge on any atom is -0.378 e. The molecule has 1 amide bonds. The van der Waals surface area contributed by atoms with Crippen LogP contribution in [0.15, 0.2) is 54.6 Å². The van der Waals surface area contributed by atoms with E-state index in [1.54, 1.807) is 24.3 Å². The Morgan fingerprint density at radius 3 is 2.24 bits per heavy atom. The monoisotopic (exact) mass is 538 g/mol. The number of pyridine rings is 1. The van der Waals surface area contributed by atoms with Crippen molar-refractivity contribution in [2.24, 2.45) is 0 Å². The highest BCUT2D eigenvalue weighted by Crippen LogP contribution is 2.32. The summed E-state index contributed by atoms with van der Waals surface area (Å²) in [5, 5.41) is 2.67. The number of nitrogens with one attached hydrogen (secondary N) is 2. The van der Waals surface area contributed by atoms with Gasteiger partial charge in [-0.25, -0.2) is 17.8 Å². The number of alkyl halides is 3.